The smallest absolute Gasteiger partial charge is 0.259 e. The lowest BCUT2D eigenvalue weighted by atomic mass is 10.0. The fourth-order valence-corrected chi connectivity index (χ4v) is 3.11. The maximum absolute atomic E-state index is 13.0. The second-order valence-electron chi connectivity index (χ2n) is 5.67. The molecule has 0 bridgehead atoms. The number of halogens is 1. The Morgan fingerprint density at radius 1 is 1.04 bits per heavy atom. The highest BCUT2D eigenvalue weighted by Gasteiger charge is 2.15. The fourth-order valence-electron chi connectivity index (χ4n) is 2.60. The summed E-state index contributed by atoms with van der Waals surface area (Å²) < 4.78 is 2.10. The number of carbonyl (C=O) groups excluding carboxylic acids is 1. The van der Waals surface area contributed by atoms with Gasteiger partial charge in [-0.25, -0.2) is 0 Å². The van der Waals surface area contributed by atoms with Crippen LogP contribution in [0.15, 0.2) is 70.1 Å². The van der Waals surface area contributed by atoms with Crippen molar-refractivity contribution >= 4 is 22.2 Å². The van der Waals surface area contributed by atoms with Gasteiger partial charge in [-0.2, -0.15) is 0 Å². The molecule has 2 aromatic carbocycles. The van der Waals surface area contributed by atoms with E-state index in [1.54, 1.807) is 6.20 Å². The van der Waals surface area contributed by atoms with E-state index in [1.165, 1.54) is 4.57 Å². The summed E-state index contributed by atoms with van der Waals surface area (Å²) in [6, 6.07) is 17.4. The molecule has 120 valence electrons. The van der Waals surface area contributed by atoms with Gasteiger partial charge in [0.1, 0.15) is 0 Å². The summed E-state index contributed by atoms with van der Waals surface area (Å²) in [5, 5.41) is 0. The number of nitrogens with zero attached hydrogens (tertiary/aromatic N) is 1. The first-order valence-corrected chi connectivity index (χ1v) is 8.39. The molecule has 0 N–H and O–H groups in total. The van der Waals surface area contributed by atoms with Gasteiger partial charge in [0.05, 0.1) is 0 Å². The van der Waals surface area contributed by atoms with Gasteiger partial charge in [0.25, 0.3) is 5.56 Å². The number of aryl methyl sites for hydroxylation is 1. The van der Waals surface area contributed by atoms with E-state index >= 15 is 0 Å². The SMILES string of the molecule is Cc1ccc(-n2cc(C=O)c(Br)c(Cc3ccccc3)c2=O)cc1. The zero-order valence-electron chi connectivity index (χ0n) is 13.2. The minimum absolute atomic E-state index is 0.125. The maximum atomic E-state index is 13.0. The van der Waals surface area contributed by atoms with E-state index in [-0.39, 0.29) is 5.56 Å². The van der Waals surface area contributed by atoms with Crippen molar-refractivity contribution in [2.24, 2.45) is 0 Å². The van der Waals surface area contributed by atoms with Crippen molar-refractivity contribution in [3.05, 3.63) is 97.9 Å². The predicted molar refractivity (Wildman–Crippen MR) is 99.1 cm³/mol. The lowest BCUT2D eigenvalue weighted by Gasteiger charge is -2.13. The second kappa shape index (κ2) is 6.97. The van der Waals surface area contributed by atoms with Gasteiger partial charge in [-0.05, 0) is 40.5 Å². The van der Waals surface area contributed by atoms with E-state index < -0.39 is 0 Å². The normalized spacial score (nSPS) is 10.6. The van der Waals surface area contributed by atoms with Crippen LogP contribution < -0.4 is 5.56 Å². The highest BCUT2D eigenvalue weighted by atomic mass is 79.9. The van der Waals surface area contributed by atoms with E-state index in [4.69, 9.17) is 0 Å². The van der Waals surface area contributed by atoms with Crippen molar-refractivity contribution in [2.45, 2.75) is 13.3 Å². The summed E-state index contributed by atoms with van der Waals surface area (Å²) in [4.78, 5) is 24.4. The maximum Gasteiger partial charge on any atom is 0.259 e. The third kappa shape index (κ3) is 3.24. The Hall–Kier alpha value is -2.46. The Bertz CT molecular complexity index is 928. The van der Waals surface area contributed by atoms with Gasteiger partial charge in [0.2, 0.25) is 0 Å². The number of benzene rings is 2. The second-order valence-corrected chi connectivity index (χ2v) is 6.46. The average molecular weight is 382 g/mol. The number of aromatic nitrogens is 1. The third-order valence-corrected chi connectivity index (χ3v) is 4.86. The highest BCUT2D eigenvalue weighted by molar-refractivity contribution is 9.10. The summed E-state index contributed by atoms with van der Waals surface area (Å²) >= 11 is 3.42. The minimum atomic E-state index is -0.125. The van der Waals surface area contributed by atoms with E-state index in [0.29, 0.717) is 22.0 Å². The topological polar surface area (TPSA) is 39.1 Å². The Balaban J connectivity index is 2.17. The van der Waals surface area contributed by atoms with Crippen LogP contribution in [0.2, 0.25) is 0 Å². The molecular weight excluding hydrogens is 366 g/mol. The molecular formula is C20H16BrNO2. The van der Waals surface area contributed by atoms with Crippen molar-refractivity contribution < 1.29 is 4.79 Å². The van der Waals surface area contributed by atoms with Crippen LogP contribution >= 0.6 is 15.9 Å². The molecule has 0 fully saturated rings. The Labute approximate surface area is 148 Å². The molecule has 0 aliphatic carbocycles. The number of pyridine rings is 1. The largest absolute Gasteiger partial charge is 0.298 e. The van der Waals surface area contributed by atoms with Gasteiger partial charge < -0.3 is 0 Å². The number of aldehydes is 1. The van der Waals surface area contributed by atoms with Gasteiger partial charge in [-0.15, -0.1) is 0 Å². The quantitative estimate of drug-likeness (QED) is 0.631. The minimum Gasteiger partial charge on any atom is -0.298 e. The van der Waals surface area contributed by atoms with Crippen LogP contribution in [0.3, 0.4) is 0 Å². The molecule has 0 aliphatic heterocycles. The van der Waals surface area contributed by atoms with Crippen molar-refractivity contribution in [2.75, 3.05) is 0 Å². The number of hydrogen-bond donors (Lipinski definition) is 0. The van der Waals surface area contributed by atoms with Gasteiger partial charge in [0, 0.05) is 33.9 Å². The molecule has 4 heteroatoms. The van der Waals surface area contributed by atoms with E-state index in [1.807, 2.05) is 61.5 Å². The summed E-state index contributed by atoms with van der Waals surface area (Å²) in [6.07, 6.45) is 2.81. The molecule has 1 aromatic heterocycles. The first-order chi connectivity index (χ1) is 11.6. The molecule has 3 nitrogen and oxygen atoms in total. The van der Waals surface area contributed by atoms with Crippen LogP contribution in [-0.4, -0.2) is 10.9 Å². The van der Waals surface area contributed by atoms with Crippen LogP contribution in [0.5, 0.6) is 0 Å². The van der Waals surface area contributed by atoms with Crippen molar-refractivity contribution in [1.29, 1.82) is 0 Å². The lowest BCUT2D eigenvalue weighted by Crippen LogP contribution is -2.24. The third-order valence-electron chi connectivity index (χ3n) is 3.93. The van der Waals surface area contributed by atoms with Gasteiger partial charge in [-0.1, -0.05) is 48.0 Å². The number of hydrogen-bond acceptors (Lipinski definition) is 2. The molecule has 0 saturated carbocycles. The predicted octanol–water partition coefficient (Wildman–Crippen LogP) is 4.31. The molecule has 0 amide bonds. The molecule has 0 atom stereocenters. The van der Waals surface area contributed by atoms with Crippen LogP contribution in [0, 0.1) is 6.92 Å². The first-order valence-electron chi connectivity index (χ1n) is 7.60. The van der Waals surface area contributed by atoms with E-state index in [0.717, 1.165) is 23.1 Å². The standard InChI is InChI=1S/C20H16BrNO2/c1-14-7-9-17(10-8-14)22-12-16(13-23)19(21)18(20(22)24)11-15-5-3-2-4-6-15/h2-10,12-13H,11H2,1H3. The molecule has 0 aliphatic rings. The van der Waals surface area contributed by atoms with Gasteiger partial charge in [0.15, 0.2) is 6.29 Å². The Morgan fingerprint density at radius 2 is 1.71 bits per heavy atom. The average Bonchev–Trinajstić information content (AvgIpc) is 2.61. The molecule has 3 rings (SSSR count). The van der Waals surface area contributed by atoms with Crippen molar-refractivity contribution in [1.82, 2.24) is 4.57 Å². The molecule has 24 heavy (non-hydrogen) atoms. The number of rotatable bonds is 4. The highest BCUT2D eigenvalue weighted by Crippen LogP contribution is 2.22. The summed E-state index contributed by atoms with van der Waals surface area (Å²) in [5.74, 6) is 0. The molecule has 0 unspecified atom stereocenters. The molecule has 0 saturated heterocycles. The first kappa shape index (κ1) is 16.4. The van der Waals surface area contributed by atoms with Crippen LogP contribution in [0.4, 0.5) is 0 Å². The van der Waals surface area contributed by atoms with Crippen LogP contribution in [0.1, 0.15) is 27.0 Å². The van der Waals surface area contributed by atoms with Crippen LogP contribution in [0.25, 0.3) is 5.69 Å². The fraction of sp³-hybridized carbons (Fsp3) is 0.100. The monoisotopic (exact) mass is 381 g/mol. The number of carbonyl (C=O) groups is 1. The molecule has 3 aromatic rings. The zero-order chi connectivity index (χ0) is 17.1. The Morgan fingerprint density at radius 3 is 2.33 bits per heavy atom. The van der Waals surface area contributed by atoms with Crippen molar-refractivity contribution in [3.63, 3.8) is 0 Å². The van der Waals surface area contributed by atoms with Crippen LogP contribution in [-0.2, 0) is 6.42 Å². The van der Waals surface area contributed by atoms with E-state index in [9.17, 15) is 9.59 Å². The van der Waals surface area contributed by atoms with E-state index in [2.05, 4.69) is 15.9 Å². The van der Waals surface area contributed by atoms with Gasteiger partial charge in [-0.3, -0.25) is 14.2 Å². The molecule has 0 spiro atoms. The van der Waals surface area contributed by atoms with Gasteiger partial charge >= 0.3 is 0 Å². The summed E-state index contributed by atoms with van der Waals surface area (Å²) in [7, 11) is 0. The molecule has 1 heterocycles. The lowest BCUT2D eigenvalue weighted by molar-refractivity contribution is 0.112. The summed E-state index contributed by atoms with van der Waals surface area (Å²) in [5.41, 5.74) is 3.79. The molecule has 0 radical (unpaired) electrons. The summed E-state index contributed by atoms with van der Waals surface area (Å²) in [6.45, 7) is 1.99. The Kier molecular flexibility index (Phi) is 4.76. The zero-order valence-corrected chi connectivity index (χ0v) is 14.8. The van der Waals surface area contributed by atoms with Crippen molar-refractivity contribution in [3.8, 4) is 5.69 Å².